The Labute approximate surface area is 82.1 Å². The summed E-state index contributed by atoms with van der Waals surface area (Å²) in [5.41, 5.74) is 1.04. The predicted octanol–water partition coefficient (Wildman–Crippen LogP) is 0.929. The lowest BCUT2D eigenvalue weighted by Gasteiger charge is -2.25. The number of aromatic nitrogens is 3. The van der Waals surface area contributed by atoms with Crippen LogP contribution in [0.15, 0.2) is 6.20 Å². The number of hydrogen-bond donors (Lipinski definition) is 1. The Morgan fingerprint density at radius 1 is 1.69 bits per heavy atom. The van der Waals surface area contributed by atoms with Crippen LogP contribution in [0.1, 0.15) is 24.4 Å². The van der Waals surface area contributed by atoms with E-state index in [0.717, 1.165) is 12.2 Å². The van der Waals surface area contributed by atoms with Crippen molar-refractivity contribution in [3.63, 3.8) is 0 Å². The quantitative estimate of drug-likeness (QED) is 0.729. The van der Waals surface area contributed by atoms with E-state index in [9.17, 15) is 0 Å². The van der Waals surface area contributed by atoms with Gasteiger partial charge in [0.2, 0.25) is 0 Å². The van der Waals surface area contributed by atoms with Crippen LogP contribution in [-0.4, -0.2) is 26.8 Å². The molecule has 2 rings (SSSR count). The topological polar surface area (TPSA) is 42.7 Å². The van der Waals surface area contributed by atoms with E-state index >= 15 is 0 Å². The van der Waals surface area contributed by atoms with Crippen molar-refractivity contribution in [3.8, 4) is 0 Å². The standard InChI is InChI=1S/C8H14N4S/c1-6-3-4-9-8(13-6)7-5-10-12(2)11-7/h5-6,8-9H,3-4H2,1-2H3. The molecule has 13 heavy (non-hydrogen) atoms. The zero-order valence-corrected chi connectivity index (χ0v) is 8.71. The second kappa shape index (κ2) is 3.67. The smallest absolute Gasteiger partial charge is 0.110 e. The number of nitrogens with one attached hydrogen (secondary N) is 1. The molecule has 1 aromatic rings. The van der Waals surface area contributed by atoms with Crippen molar-refractivity contribution in [2.45, 2.75) is 24.0 Å². The van der Waals surface area contributed by atoms with Gasteiger partial charge in [-0.05, 0) is 13.0 Å². The summed E-state index contributed by atoms with van der Waals surface area (Å²) in [6, 6.07) is 0. The van der Waals surface area contributed by atoms with Crippen LogP contribution in [0.3, 0.4) is 0 Å². The van der Waals surface area contributed by atoms with E-state index in [0.29, 0.717) is 10.6 Å². The fourth-order valence-electron chi connectivity index (χ4n) is 1.42. The van der Waals surface area contributed by atoms with Gasteiger partial charge in [-0.2, -0.15) is 15.0 Å². The third-order valence-electron chi connectivity index (χ3n) is 2.13. The molecule has 1 aliphatic heterocycles. The van der Waals surface area contributed by atoms with Crippen molar-refractivity contribution in [3.05, 3.63) is 11.9 Å². The highest BCUT2D eigenvalue weighted by Crippen LogP contribution is 2.32. The van der Waals surface area contributed by atoms with Crippen LogP contribution in [0, 0.1) is 0 Å². The third kappa shape index (κ3) is 2.03. The molecule has 0 aromatic carbocycles. The Bertz CT molecular complexity index is 285. The first kappa shape index (κ1) is 9.02. The maximum absolute atomic E-state index is 4.29. The molecule has 2 atom stereocenters. The van der Waals surface area contributed by atoms with E-state index in [4.69, 9.17) is 0 Å². The summed E-state index contributed by atoms with van der Waals surface area (Å²) in [6.07, 6.45) is 3.07. The Hall–Kier alpha value is -0.550. The van der Waals surface area contributed by atoms with E-state index in [1.165, 1.54) is 6.42 Å². The fraction of sp³-hybridized carbons (Fsp3) is 0.750. The van der Waals surface area contributed by atoms with Crippen molar-refractivity contribution in [1.29, 1.82) is 0 Å². The van der Waals surface area contributed by atoms with E-state index in [1.807, 2.05) is 25.0 Å². The average Bonchev–Trinajstić information content (AvgIpc) is 2.52. The Morgan fingerprint density at radius 3 is 3.15 bits per heavy atom. The number of aryl methyl sites for hydroxylation is 1. The van der Waals surface area contributed by atoms with Crippen LogP contribution in [0.2, 0.25) is 0 Å². The Kier molecular flexibility index (Phi) is 2.55. The normalized spacial score (nSPS) is 29.1. The van der Waals surface area contributed by atoms with Crippen molar-refractivity contribution >= 4 is 11.8 Å². The first-order valence-electron chi connectivity index (χ1n) is 4.51. The van der Waals surface area contributed by atoms with E-state index in [1.54, 1.807) is 4.80 Å². The molecule has 1 aliphatic rings. The largest absolute Gasteiger partial charge is 0.300 e. The minimum absolute atomic E-state index is 0.331. The molecule has 4 nitrogen and oxygen atoms in total. The van der Waals surface area contributed by atoms with E-state index in [-0.39, 0.29) is 0 Å². The number of hydrogen-bond acceptors (Lipinski definition) is 4. The van der Waals surface area contributed by atoms with Crippen molar-refractivity contribution in [1.82, 2.24) is 20.3 Å². The molecule has 1 saturated heterocycles. The van der Waals surface area contributed by atoms with E-state index in [2.05, 4.69) is 22.4 Å². The summed E-state index contributed by atoms with van der Waals surface area (Å²) in [6.45, 7) is 3.34. The highest BCUT2D eigenvalue weighted by Gasteiger charge is 2.22. The zero-order valence-electron chi connectivity index (χ0n) is 7.90. The number of rotatable bonds is 1. The second-order valence-corrected chi connectivity index (χ2v) is 4.88. The van der Waals surface area contributed by atoms with Crippen LogP contribution in [0.5, 0.6) is 0 Å². The maximum atomic E-state index is 4.29. The molecule has 1 N–H and O–H groups in total. The number of thioether (sulfide) groups is 1. The molecule has 0 amide bonds. The van der Waals surface area contributed by atoms with Gasteiger partial charge in [0.15, 0.2) is 0 Å². The Morgan fingerprint density at radius 2 is 2.54 bits per heavy atom. The summed E-state index contributed by atoms with van der Waals surface area (Å²) in [5, 5.41) is 12.8. The molecule has 0 saturated carbocycles. The highest BCUT2D eigenvalue weighted by molar-refractivity contribution is 8.00. The monoisotopic (exact) mass is 198 g/mol. The first-order valence-corrected chi connectivity index (χ1v) is 5.45. The fourth-order valence-corrected chi connectivity index (χ4v) is 2.60. The summed E-state index contributed by atoms with van der Waals surface area (Å²) >= 11 is 1.93. The van der Waals surface area contributed by atoms with Crippen molar-refractivity contribution in [2.24, 2.45) is 7.05 Å². The molecular weight excluding hydrogens is 184 g/mol. The number of nitrogens with zero attached hydrogens (tertiary/aromatic N) is 3. The lowest BCUT2D eigenvalue weighted by Crippen LogP contribution is -2.29. The lowest BCUT2D eigenvalue weighted by molar-refractivity contribution is 0.581. The predicted molar refractivity (Wildman–Crippen MR) is 53.4 cm³/mol. The van der Waals surface area contributed by atoms with Gasteiger partial charge in [-0.25, -0.2) is 0 Å². The summed E-state index contributed by atoms with van der Waals surface area (Å²) in [7, 11) is 1.85. The maximum Gasteiger partial charge on any atom is 0.110 e. The molecule has 0 aliphatic carbocycles. The SMILES string of the molecule is CC1CCNC(c2cnn(C)n2)S1. The molecule has 1 aromatic heterocycles. The van der Waals surface area contributed by atoms with Crippen LogP contribution >= 0.6 is 11.8 Å². The lowest BCUT2D eigenvalue weighted by atomic mass is 10.3. The van der Waals surface area contributed by atoms with Gasteiger partial charge < -0.3 is 5.32 Å². The van der Waals surface area contributed by atoms with Gasteiger partial charge in [0.25, 0.3) is 0 Å². The first-order chi connectivity index (χ1) is 6.25. The van der Waals surface area contributed by atoms with Gasteiger partial charge in [0.1, 0.15) is 5.69 Å². The molecule has 0 spiro atoms. The molecule has 2 heterocycles. The summed E-state index contributed by atoms with van der Waals surface area (Å²) in [4.78, 5) is 1.61. The molecule has 0 bridgehead atoms. The van der Waals surface area contributed by atoms with Crippen molar-refractivity contribution < 1.29 is 0 Å². The second-order valence-electron chi connectivity index (χ2n) is 3.33. The molecule has 1 fully saturated rings. The average molecular weight is 198 g/mol. The minimum Gasteiger partial charge on any atom is -0.300 e. The van der Waals surface area contributed by atoms with Gasteiger partial charge in [-0.1, -0.05) is 6.92 Å². The van der Waals surface area contributed by atoms with Gasteiger partial charge in [-0.3, -0.25) is 0 Å². The summed E-state index contributed by atoms with van der Waals surface area (Å²) in [5.74, 6) is 0. The Balaban J connectivity index is 2.08. The van der Waals surface area contributed by atoms with E-state index < -0.39 is 0 Å². The van der Waals surface area contributed by atoms with Gasteiger partial charge in [-0.15, -0.1) is 11.8 Å². The highest BCUT2D eigenvalue weighted by atomic mass is 32.2. The third-order valence-corrected chi connectivity index (χ3v) is 3.52. The van der Waals surface area contributed by atoms with Crippen LogP contribution < -0.4 is 5.32 Å². The van der Waals surface area contributed by atoms with Gasteiger partial charge in [0.05, 0.1) is 11.6 Å². The van der Waals surface area contributed by atoms with Crippen LogP contribution in [-0.2, 0) is 7.05 Å². The van der Waals surface area contributed by atoms with Crippen LogP contribution in [0.4, 0.5) is 0 Å². The molecule has 5 heteroatoms. The van der Waals surface area contributed by atoms with Gasteiger partial charge in [0, 0.05) is 12.3 Å². The van der Waals surface area contributed by atoms with Crippen molar-refractivity contribution in [2.75, 3.05) is 6.54 Å². The van der Waals surface area contributed by atoms with Crippen LogP contribution in [0.25, 0.3) is 0 Å². The molecule has 72 valence electrons. The zero-order chi connectivity index (χ0) is 9.26. The minimum atomic E-state index is 0.331. The molecular formula is C8H14N4S. The molecule has 0 radical (unpaired) electrons. The van der Waals surface area contributed by atoms with Gasteiger partial charge >= 0.3 is 0 Å². The molecule has 2 unspecified atom stereocenters. The summed E-state index contributed by atoms with van der Waals surface area (Å²) < 4.78 is 0.